The minimum atomic E-state index is -0.452. The molecule has 0 aliphatic heterocycles. The summed E-state index contributed by atoms with van der Waals surface area (Å²) in [4.78, 5) is 4.35. The molecule has 0 aliphatic rings. The Hall–Kier alpha value is -1.65. The van der Waals surface area contributed by atoms with Crippen LogP contribution in [0.15, 0.2) is 53.0 Å². The van der Waals surface area contributed by atoms with Crippen molar-refractivity contribution >= 4 is 38.3 Å². The van der Waals surface area contributed by atoms with Gasteiger partial charge in [0.05, 0.1) is 11.6 Å². The minimum absolute atomic E-state index is 0.127. The Labute approximate surface area is 134 Å². The van der Waals surface area contributed by atoms with Gasteiger partial charge in [-0.25, -0.2) is 9.37 Å². The van der Waals surface area contributed by atoms with Crippen molar-refractivity contribution < 1.29 is 9.13 Å². The molecule has 2 nitrogen and oxygen atoms in total. The van der Waals surface area contributed by atoms with Crippen molar-refractivity contribution in [1.29, 1.82) is 0 Å². The van der Waals surface area contributed by atoms with Crippen LogP contribution >= 0.6 is 27.5 Å². The van der Waals surface area contributed by atoms with Crippen molar-refractivity contribution in [2.45, 2.75) is 5.88 Å². The van der Waals surface area contributed by atoms with Crippen LogP contribution < -0.4 is 4.74 Å². The summed E-state index contributed by atoms with van der Waals surface area (Å²) in [6, 6.07) is 14.1. The quantitative estimate of drug-likeness (QED) is 0.557. The molecule has 0 atom stereocenters. The lowest BCUT2D eigenvalue weighted by Gasteiger charge is -2.10. The van der Waals surface area contributed by atoms with E-state index in [9.17, 15) is 4.39 Å². The van der Waals surface area contributed by atoms with Crippen LogP contribution in [0.25, 0.3) is 10.8 Å². The predicted octanol–water partition coefficient (Wildman–Crippen LogP) is 5.67. The first kappa shape index (κ1) is 14.3. The van der Waals surface area contributed by atoms with E-state index in [-0.39, 0.29) is 11.6 Å². The highest BCUT2D eigenvalue weighted by molar-refractivity contribution is 9.10. The number of aromatic nitrogens is 1. The van der Waals surface area contributed by atoms with E-state index in [1.54, 1.807) is 12.1 Å². The normalized spacial score (nSPS) is 10.8. The SMILES string of the molecule is Fc1cc(Br)ccc1Oc1nc(CCl)cc2ccccc12. The fourth-order valence-electron chi connectivity index (χ4n) is 2.03. The van der Waals surface area contributed by atoms with Gasteiger partial charge in [0.1, 0.15) is 0 Å². The lowest BCUT2D eigenvalue weighted by molar-refractivity contribution is 0.431. The second-order valence-corrected chi connectivity index (χ2v) is 5.63. The second-order valence-electron chi connectivity index (χ2n) is 4.45. The molecule has 21 heavy (non-hydrogen) atoms. The monoisotopic (exact) mass is 365 g/mol. The number of pyridine rings is 1. The van der Waals surface area contributed by atoms with Crippen molar-refractivity contribution in [3.05, 3.63) is 64.5 Å². The van der Waals surface area contributed by atoms with Gasteiger partial charge in [0.15, 0.2) is 11.6 Å². The number of halogens is 3. The van der Waals surface area contributed by atoms with Gasteiger partial charge in [-0.05, 0) is 35.7 Å². The van der Waals surface area contributed by atoms with Crippen LogP contribution in [0.5, 0.6) is 11.6 Å². The Bertz CT molecular complexity index is 809. The third-order valence-corrected chi connectivity index (χ3v) is 3.76. The zero-order valence-electron chi connectivity index (χ0n) is 10.8. The third kappa shape index (κ3) is 3.01. The van der Waals surface area contributed by atoms with Crippen molar-refractivity contribution in [2.75, 3.05) is 0 Å². The molecule has 0 bridgehead atoms. The van der Waals surface area contributed by atoms with Gasteiger partial charge in [0.2, 0.25) is 5.88 Å². The molecule has 3 rings (SSSR count). The number of alkyl halides is 1. The molecule has 0 N–H and O–H groups in total. The summed E-state index contributed by atoms with van der Waals surface area (Å²) in [6.45, 7) is 0. The Balaban J connectivity index is 2.10. The lowest BCUT2D eigenvalue weighted by atomic mass is 10.1. The number of hydrogen-bond acceptors (Lipinski definition) is 2. The van der Waals surface area contributed by atoms with Gasteiger partial charge < -0.3 is 4.74 Å². The molecular formula is C16H10BrClFNO. The van der Waals surface area contributed by atoms with Crippen LogP contribution in [0.3, 0.4) is 0 Å². The molecule has 0 saturated carbocycles. The van der Waals surface area contributed by atoms with Gasteiger partial charge in [-0.3, -0.25) is 0 Å². The highest BCUT2D eigenvalue weighted by atomic mass is 79.9. The second kappa shape index (κ2) is 6.00. The van der Waals surface area contributed by atoms with Crippen LogP contribution in [-0.2, 0) is 5.88 Å². The van der Waals surface area contributed by atoms with Crippen molar-refractivity contribution in [3.63, 3.8) is 0 Å². The zero-order chi connectivity index (χ0) is 14.8. The number of rotatable bonds is 3. The molecule has 0 aliphatic carbocycles. The molecular weight excluding hydrogens is 357 g/mol. The van der Waals surface area contributed by atoms with E-state index in [1.165, 1.54) is 6.07 Å². The van der Waals surface area contributed by atoms with E-state index in [0.717, 1.165) is 10.8 Å². The first-order chi connectivity index (χ1) is 10.2. The summed E-state index contributed by atoms with van der Waals surface area (Å²) in [5, 5.41) is 1.77. The smallest absolute Gasteiger partial charge is 0.227 e. The maximum absolute atomic E-state index is 13.9. The molecule has 0 amide bonds. The molecule has 1 aromatic heterocycles. The Morgan fingerprint density at radius 2 is 1.95 bits per heavy atom. The zero-order valence-corrected chi connectivity index (χ0v) is 13.2. The predicted molar refractivity (Wildman–Crippen MR) is 85.5 cm³/mol. The highest BCUT2D eigenvalue weighted by Crippen LogP contribution is 2.31. The molecule has 106 valence electrons. The van der Waals surface area contributed by atoms with Gasteiger partial charge in [-0.2, -0.15) is 0 Å². The summed E-state index contributed by atoms with van der Waals surface area (Å²) in [5.41, 5.74) is 0.683. The summed E-state index contributed by atoms with van der Waals surface area (Å²) in [7, 11) is 0. The number of hydrogen-bond donors (Lipinski definition) is 0. The minimum Gasteiger partial charge on any atom is -0.435 e. The number of benzene rings is 2. The maximum atomic E-state index is 13.9. The fraction of sp³-hybridized carbons (Fsp3) is 0.0625. The van der Waals surface area contributed by atoms with Crippen LogP contribution in [0, 0.1) is 5.82 Å². The van der Waals surface area contributed by atoms with Crippen LogP contribution in [0.4, 0.5) is 4.39 Å². The van der Waals surface area contributed by atoms with Gasteiger partial charge >= 0.3 is 0 Å². The lowest BCUT2D eigenvalue weighted by Crippen LogP contribution is -1.95. The molecule has 0 saturated heterocycles. The van der Waals surface area contributed by atoms with E-state index in [1.807, 2.05) is 30.3 Å². The summed E-state index contributed by atoms with van der Waals surface area (Å²) in [6.07, 6.45) is 0. The highest BCUT2D eigenvalue weighted by Gasteiger charge is 2.11. The first-order valence-electron chi connectivity index (χ1n) is 6.25. The fourth-order valence-corrected chi connectivity index (χ4v) is 2.50. The maximum Gasteiger partial charge on any atom is 0.227 e. The van der Waals surface area contributed by atoms with Gasteiger partial charge in [0.25, 0.3) is 0 Å². The molecule has 0 unspecified atom stereocenters. The van der Waals surface area contributed by atoms with E-state index in [2.05, 4.69) is 20.9 Å². The topological polar surface area (TPSA) is 22.1 Å². The summed E-state index contributed by atoms with van der Waals surface area (Å²) < 4.78 is 20.2. The molecule has 1 heterocycles. The summed E-state index contributed by atoms with van der Waals surface area (Å²) in [5.74, 6) is 0.295. The van der Waals surface area contributed by atoms with Crippen LogP contribution in [0.2, 0.25) is 0 Å². The summed E-state index contributed by atoms with van der Waals surface area (Å²) >= 11 is 9.07. The van der Waals surface area contributed by atoms with Gasteiger partial charge in [-0.15, -0.1) is 11.6 Å². The number of nitrogens with zero attached hydrogens (tertiary/aromatic N) is 1. The molecule has 2 aromatic carbocycles. The van der Waals surface area contributed by atoms with Crippen LogP contribution in [-0.4, -0.2) is 4.98 Å². The van der Waals surface area contributed by atoms with Crippen molar-refractivity contribution in [1.82, 2.24) is 4.98 Å². The van der Waals surface area contributed by atoms with E-state index in [4.69, 9.17) is 16.3 Å². The number of fused-ring (bicyclic) bond motifs is 1. The van der Waals surface area contributed by atoms with Crippen LogP contribution in [0.1, 0.15) is 5.69 Å². The first-order valence-corrected chi connectivity index (χ1v) is 7.57. The van der Waals surface area contributed by atoms with Crippen molar-refractivity contribution in [2.24, 2.45) is 0 Å². The average molecular weight is 367 g/mol. The largest absolute Gasteiger partial charge is 0.435 e. The van der Waals surface area contributed by atoms with E-state index < -0.39 is 5.82 Å². The molecule has 5 heteroatoms. The Kier molecular flexibility index (Phi) is 4.08. The molecule has 0 radical (unpaired) electrons. The Morgan fingerprint density at radius 1 is 1.14 bits per heavy atom. The third-order valence-electron chi connectivity index (χ3n) is 3.00. The molecule has 3 aromatic rings. The Morgan fingerprint density at radius 3 is 2.71 bits per heavy atom. The van der Waals surface area contributed by atoms with Gasteiger partial charge in [0, 0.05) is 9.86 Å². The van der Waals surface area contributed by atoms with Crippen molar-refractivity contribution in [3.8, 4) is 11.6 Å². The standard InChI is InChI=1S/C16H10BrClFNO/c17-11-5-6-15(14(19)8-11)21-16-13-4-2-1-3-10(13)7-12(9-18)20-16/h1-8H,9H2. The molecule has 0 fully saturated rings. The molecule has 0 spiro atoms. The van der Waals surface area contributed by atoms with E-state index in [0.29, 0.717) is 16.0 Å². The number of ether oxygens (including phenoxy) is 1. The van der Waals surface area contributed by atoms with Gasteiger partial charge in [-0.1, -0.05) is 34.1 Å². The van der Waals surface area contributed by atoms with E-state index >= 15 is 0 Å². The average Bonchev–Trinajstić information content (AvgIpc) is 2.49.